The number of carboxylic acids is 1. The molecule has 0 radical (unpaired) electrons. The summed E-state index contributed by atoms with van der Waals surface area (Å²) in [5, 5.41) is 24.1. The molecule has 5 atom stereocenters. The zero-order valence-electron chi connectivity index (χ0n) is 19.1. The number of aromatic carboxylic acids is 1. The van der Waals surface area contributed by atoms with Crippen molar-refractivity contribution in [1.82, 2.24) is 0 Å². The third-order valence-corrected chi connectivity index (χ3v) is 8.13. The summed E-state index contributed by atoms with van der Waals surface area (Å²) in [7, 11) is 0. The summed E-state index contributed by atoms with van der Waals surface area (Å²) < 4.78 is 5.92. The van der Waals surface area contributed by atoms with Gasteiger partial charge in [-0.2, -0.15) is 0 Å². The molecule has 2 bridgehead atoms. The lowest BCUT2D eigenvalue weighted by Gasteiger charge is -2.43. The third-order valence-electron chi connectivity index (χ3n) is 8.13. The Morgan fingerprint density at radius 2 is 1.77 bits per heavy atom. The van der Waals surface area contributed by atoms with Crippen LogP contribution < -0.4 is 10.1 Å². The number of anilines is 1. The molecule has 0 aromatic heterocycles. The number of carboxylic acid groups (broad SMARTS) is 1. The number of rotatable bonds is 6. The summed E-state index contributed by atoms with van der Waals surface area (Å²) in [6.07, 6.45) is 3.69. The molecule has 3 aliphatic rings. The van der Waals surface area contributed by atoms with Crippen molar-refractivity contribution in [2.24, 2.45) is 17.8 Å². The number of hydrogen-bond donors (Lipinski definition) is 2. The van der Waals surface area contributed by atoms with Crippen molar-refractivity contribution >= 4 is 17.3 Å². The van der Waals surface area contributed by atoms with E-state index in [0.717, 1.165) is 17.0 Å². The number of nitro benzene ring substituents is 1. The van der Waals surface area contributed by atoms with Gasteiger partial charge >= 0.3 is 5.97 Å². The minimum atomic E-state index is -0.876. The van der Waals surface area contributed by atoms with E-state index in [4.69, 9.17) is 4.74 Å². The molecule has 0 saturated heterocycles. The van der Waals surface area contributed by atoms with Crippen LogP contribution in [0.4, 0.5) is 11.4 Å². The molecule has 3 aromatic carbocycles. The fourth-order valence-corrected chi connectivity index (χ4v) is 6.60. The Balaban J connectivity index is 1.22. The maximum atomic E-state index is 11.6. The molecule has 1 aliphatic heterocycles. The molecule has 2 aliphatic carbocycles. The molecule has 1 heterocycles. The van der Waals surface area contributed by atoms with Crippen molar-refractivity contribution in [3.05, 3.63) is 99.1 Å². The van der Waals surface area contributed by atoms with Crippen LogP contribution in [0.3, 0.4) is 0 Å². The van der Waals surface area contributed by atoms with Gasteiger partial charge in [-0.15, -0.1) is 0 Å². The number of hydrogen-bond acceptors (Lipinski definition) is 5. The molecule has 0 amide bonds. The maximum absolute atomic E-state index is 11.6. The summed E-state index contributed by atoms with van der Waals surface area (Å²) in [6.45, 7) is 0.340. The Labute approximate surface area is 202 Å². The summed E-state index contributed by atoms with van der Waals surface area (Å²) in [4.78, 5) is 22.0. The van der Waals surface area contributed by atoms with Gasteiger partial charge in [-0.1, -0.05) is 12.1 Å². The van der Waals surface area contributed by atoms with Crippen LogP contribution in [-0.4, -0.2) is 16.0 Å². The van der Waals surface area contributed by atoms with Crippen molar-refractivity contribution in [2.45, 2.75) is 37.8 Å². The first-order valence-electron chi connectivity index (χ1n) is 12.1. The van der Waals surface area contributed by atoms with E-state index in [1.165, 1.54) is 42.5 Å². The van der Waals surface area contributed by atoms with Gasteiger partial charge in [-0.05, 0) is 102 Å². The largest absolute Gasteiger partial charge is 0.489 e. The van der Waals surface area contributed by atoms with E-state index in [1.807, 2.05) is 24.3 Å². The van der Waals surface area contributed by atoms with Crippen LogP contribution in [0.2, 0.25) is 0 Å². The minimum absolute atomic E-state index is 0.0674. The van der Waals surface area contributed by atoms with Crippen molar-refractivity contribution in [2.75, 3.05) is 5.32 Å². The smallest absolute Gasteiger partial charge is 0.335 e. The van der Waals surface area contributed by atoms with Crippen LogP contribution in [0.5, 0.6) is 5.75 Å². The summed E-state index contributed by atoms with van der Waals surface area (Å²) in [5.41, 5.74) is 4.73. The van der Waals surface area contributed by atoms with Crippen molar-refractivity contribution in [1.29, 1.82) is 0 Å². The van der Waals surface area contributed by atoms with Gasteiger partial charge in [0, 0.05) is 17.8 Å². The van der Waals surface area contributed by atoms with Crippen LogP contribution in [0.25, 0.3) is 0 Å². The van der Waals surface area contributed by atoms with E-state index in [-0.39, 0.29) is 11.7 Å². The molecule has 7 nitrogen and oxygen atoms in total. The second-order valence-corrected chi connectivity index (χ2v) is 9.95. The zero-order valence-corrected chi connectivity index (χ0v) is 19.1. The number of nitrogens with one attached hydrogen (secondary N) is 1. The first-order valence-corrected chi connectivity index (χ1v) is 12.1. The predicted molar refractivity (Wildman–Crippen MR) is 131 cm³/mol. The average molecular weight is 471 g/mol. The first-order chi connectivity index (χ1) is 17.0. The topological polar surface area (TPSA) is 102 Å². The number of non-ortho nitro benzene ring substituents is 1. The molecule has 6 rings (SSSR count). The lowest BCUT2D eigenvalue weighted by Crippen LogP contribution is -2.35. The molecular weight excluding hydrogens is 444 g/mol. The second-order valence-electron chi connectivity index (χ2n) is 9.95. The van der Waals surface area contributed by atoms with Gasteiger partial charge in [0.2, 0.25) is 0 Å². The van der Waals surface area contributed by atoms with E-state index in [2.05, 4.69) is 17.4 Å². The van der Waals surface area contributed by atoms with Gasteiger partial charge in [-0.3, -0.25) is 10.1 Å². The van der Waals surface area contributed by atoms with Crippen molar-refractivity contribution in [3.63, 3.8) is 0 Å². The Hall–Kier alpha value is -3.87. The normalized spacial score (nSPS) is 25.9. The van der Waals surface area contributed by atoms with Crippen LogP contribution in [0.1, 0.15) is 58.3 Å². The van der Waals surface area contributed by atoms with Gasteiger partial charge in [0.1, 0.15) is 12.4 Å². The van der Waals surface area contributed by atoms with E-state index < -0.39 is 10.9 Å². The highest BCUT2D eigenvalue weighted by Crippen LogP contribution is 2.63. The van der Waals surface area contributed by atoms with Gasteiger partial charge < -0.3 is 15.2 Å². The highest BCUT2D eigenvalue weighted by molar-refractivity contribution is 5.88. The van der Waals surface area contributed by atoms with E-state index >= 15 is 0 Å². The SMILES string of the molecule is O=C(O)c1ccc2c(c1)[C@@H]1[C@H]3CC[C@@H](C3)[C@@H]1[C@H](c1ccc(OCc3ccc([N+](=O)[O-])cc3)cc1)N2. The summed E-state index contributed by atoms with van der Waals surface area (Å²) >= 11 is 0. The van der Waals surface area contributed by atoms with Crippen LogP contribution in [0.15, 0.2) is 66.7 Å². The first kappa shape index (κ1) is 21.6. The van der Waals surface area contributed by atoms with Crippen LogP contribution >= 0.6 is 0 Å². The van der Waals surface area contributed by atoms with Gasteiger partial charge in [0.15, 0.2) is 0 Å². The fourth-order valence-electron chi connectivity index (χ4n) is 6.60. The van der Waals surface area contributed by atoms with Crippen molar-refractivity contribution < 1.29 is 19.6 Å². The highest BCUT2D eigenvalue weighted by Gasteiger charge is 2.53. The molecule has 2 N–H and O–H groups in total. The molecule has 0 spiro atoms. The molecule has 2 fully saturated rings. The Bertz CT molecular complexity index is 1290. The molecule has 178 valence electrons. The Morgan fingerprint density at radius 1 is 1.03 bits per heavy atom. The Kier molecular flexibility index (Phi) is 5.20. The lowest BCUT2D eigenvalue weighted by atomic mass is 9.68. The lowest BCUT2D eigenvalue weighted by molar-refractivity contribution is -0.384. The average Bonchev–Trinajstić information content (AvgIpc) is 3.50. The summed E-state index contributed by atoms with van der Waals surface area (Å²) in [5.74, 6) is 2.01. The van der Waals surface area contributed by atoms with Crippen molar-refractivity contribution in [3.8, 4) is 5.75 Å². The van der Waals surface area contributed by atoms with E-state index in [0.29, 0.717) is 35.8 Å². The molecule has 35 heavy (non-hydrogen) atoms. The minimum Gasteiger partial charge on any atom is -0.489 e. The number of ether oxygens (including phenoxy) is 1. The molecular formula is C28H26N2O5. The van der Waals surface area contributed by atoms with Gasteiger partial charge in [-0.25, -0.2) is 4.79 Å². The monoisotopic (exact) mass is 470 g/mol. The van der Waals surface area contributed by atoms with E-state index in [9.17, 15) is 20.0 Å². The molecule has 2 saturated carbocycles. The maximum Gasteiger partial charge on any atom is 0.335 e. The number of carbonyl (C=O) groups is 1. The van der Waals surface area contributed by atoms with Gasteiger partial charge in [0.25, 0.3) is 5.69 Å². The fraction of sp³-hybridized carbons (Fsp3) is 0.321. The Morgan fingerprint density at radius 3 is 2.49 bits per heavy atom. The number of benzene rings is 3. The molecule has 7 heteroatoms. The highest BCUT2D eigenvalue weighted by atomic mass is 16.6. The summed E-state index contributed by atoms with van der Waals surface area (Å²) in [6, 6.07) is 20.3. The van der Waals surface area contributed by atoms with Crippen LogP contribution in [-0.2, 0) is 6.61 Å². The number of fused-ring (bicyclic) bond motifs is 7. The molecule has 3 aromatic rings. The van der Waals surface area contributed by atoms with Crippen LogP contribution in [0, 0.1) is 27.9 Å². The van der Waals surface area contributed by atoms with E-state index in [1.54, 1.807) is 18.2 Å². The second kappa shape index (κ2) is 8.41. The third kappa shape index (κ3) is 3.81. The number of nitro groups is 1. The zero-order chi connectivity index (χ0) is 24.1. The standard InChI is InChI=1S/C28H26N2O5/c31-28(32)20-7-12-24-23(14-20)25-18-3-4-19(13-18)26(25)27(29-24)17-5-10-22(11-6-17)35-15-16-1-8-21(9-2-16)30(33)34/h1-2,5-12,14,18-19,25-27,29H,3-4,13,15H2,(H,31,32)/t18-,19-,25-,26-,27-/m0/s1. The molecule has 0 unspecified atom stereocenters. The quantitative estimate of drug-likeness (QED) is 0.330. The predicted octanol–water partition coefficient (Wildman–Crippen LogP) is 6.17. The van der Waals surface area contributed by atoms with Gasteiger partial charge in [0.05, 0.1) is 16.5 Å². The number of nitrogens with zero attached hydrogens (tertiary/aromatic N) is 1.